The molecule has 0 saturated heterocycles. The molecule has 2 aromatic carbocycles. The number of sulfonamides is 1. The van der Waals surface area contributed by atoms with Crippen LogP contribution >= 0.6 is 11.3 Å². The number of aryl methyl sites for hydroxylation is 2. The summed E-state index contributed by atoms with van der Waals surface area (Å²) in [7, 11) is -3.59. The van der Waals surface area contributed by atoms with Crippen molar-refractivity contribution < 1.29 is 8.42 Å². The van der Waals surface area contributed by atoms with Crippen molar-refractivity contribution in [2.75, 3.05) is 4.72 Å². The van der Waals surface area contributed by atoms with Gasteiger partial charge in [-0.3, -0.25) is 4.72 Å². The van der Waals surface area contributed by atoms with Gasteiger partial charge in [-0.2, -0.15) is 0 Å². The number of thiazole rings is 1. The second-order valence-electron chi connectivity index (χ2n) is 4.91. The molecule has 0 radical (unpaired) electrons. The summed E-state index contributed by atoms with van der Waals surface area (Å²) in [5.41, 5.74) is 2.94. The first-order valence-corrected chi connectivity index (χ1v) is 8.71. The molecule has 1 aromatic heterocycles. The van der Waals surface area contributed by atoms with Crippen molar-refractivity contribution in [3.8, 4) is 0 Å². The predicted octanol–water partition coefficient (Wildman–Crippen LogP) is 3.71. The van der Waals surface area contributed by atoms with Crippen molar-refractivity contribution in [1.29, 1.82) is 0 Å². The van der Waals surface area contributed by atoms with E-state index in [9.17, 15) is 8.42 Å². The van der Waals surface area contributed by atoms with Gasteiger partial charge in [0.15, 0.2) is 5.13 Å². The molecule has 0 aliphatic rings. The normalized spacial score (nSPS) is 11.7. The van der Waals surface area contributed by atoms with E-state index in [1.807, 2.05) is 32.0 Å². The third kappa shape index (κ3) is 2.91. The van der Waals surface area contributed by atoms with Crippen LogP contribution in [0, 0.1) is 13.8 Å². The number of anilines is 1. The van der Waals surface area contributed by atoms with Crippen molar-refractivity contribution >= 4 is 36.7 Å². The van der Waals surface area contributed by atoms with Gasteiger partial charge in [-0.25, -0.2) is 13.4 Å². The lowest BCUT2D eigenvalue weighted by Gasteiger charge is -2.04. The van der Waals surface area contributed by atoms with Crippen LogP contribution < -0.4 is 4.72 Å². The quantitative estimate of drug-likeness (QED) is 0.801. The van der Waals surface area contributed by atoms with E-state index in [0.29, 0.717) is 5.13 Å². The summed E-state index contributed by atoms with van der Waals surface area (Å²) in [4.78, 5) is 4.55. The monoisotopic (exact) mass is 318 g/mol. The van der Waals surface area contributed by atoms with Gasteiger partial charge in [0, 0.05) is 0 Å². The minimum Gasteiger partial charge on any atom is -0.255 e. The Labute approximate surface area is 127 Å². The van der Waals surface area contributed by atoms with Crippen LogP contribution in [0.4, 0.5) is 5.13 Å². The SMILES string of the molecule is Cc1ccc(S(=O)(=O)Nc2nc3ccc(C)cc3s2)cc1. The van der Waals surface area contributed by atoms with Gasteiger partial charge in [-0.1, -0.05) is 35.1 Å². The van der Waals surface area contributed by atoms with Gasteiger partial charge < -0.3 is 0 Å². The molecule has 0 unspecified atom stereocenters. The van der Waals surface area contributed by atoms with E-state index in [0.717, 1.165) is 21.3 Å². The third-order valence-electron chi connectivity index (χ3n) is 3.10. The van der Waals surface area contributed by atoms with Crippen LogP contribution in [-0.2, 0) is 10.0 Å². The molecule has 1 N–H and O–H groups in total. The first kappa shape index (κ1) is 14.0. The average Bonchev–Trinajstić information content (AvgIpc) is 2.79. The number of hydrogen-bond acceptors (Lipinski definition) is 4. The van der Waals surface area contributed by atoms with Gasteiger partial charge in [0.25, 0.3) is 10.0 Å². The number of nitrogens with zero attached hydrogens (tertiary/aromatic N) is 1. The van der Waals surface area contributed by atoms with E-state index in [-0.39, 0.29) is 4.90 Å². The second kappa shape index (κ2) is 5.13. The highest BCUT2D eigenvalue weighted by Gasteiger charge is 2.16. The van der Waals surface area contributed by atoms with E-state index in [1.165, 1.54) is 11.3 Å². The standard InChI is InChI=1S/C15H14N2O2S2/c1-10-3-6-12(7-4-10)21(18,19)17-15-16-13-8-5-11(2)9-14(13)20-15/h3-9H,1-2H3,(H,16,17). The fourth-order valence-electron chi connectivity index (χ4n) is 1.97. The van der Waals surface area contributed by atoms with Crippen molar-refractivity contribution in [1.82, 2.24) is 4.98 Å². The molecule has 21 heavy (non-hydrogen) atoms. The average molecular weight is 318 g/mol. The van der Waals surface area contributed by atoms with Crippen molar-refractivity contribution in [2.45, 2.75) is 18.7 Å². The number of hydrogen-bond donors (Lipinski definition) is 1. The van der Waals surface area contributed by atoms with Crippen molar-refractivity contribution in [3.05, 3.63) is 53.6 Å². The van der Waals surface area contributed by atoms with Gasteiger partial charge in [-0.15, -0.1) is 0 Å². The first-order chi connectivity index (χ1) is 9.94. The van der Waals surface area contributed by atoms with Crippen LogP contribution in [0.1, 0.15) is 11.1 Å². The maximum absolute atomic E-state index is 12.3. The summed E-state index contributed by atoms with van der Waals surface area (Å²) in [6, 6.07) is 12.6. The molecule has 0 spiro atoms. The lowest BCUT2D eigenvalue weighted by Crippen LogP contribution is -2.12. The van der Waals surface area contributed by atoms with E-state index < -0.39 is 10.0 Å². The molecule has 0 aliphatic carbocycles. The Bertz CT molecular complexity index is 897. The maximum atomic E-state index is 12.3. The lowest BCUT2D eigenvalue weighted by atomic mass is 10.2. The van der Waals surface area contributed by atoms with Gasteiger partial charge in [0.2, 0.25) is 0 Å². The molecule has 1 heterocycles. The Hall–Kier alpha value is -1.92. The molecular weight excluding hydrogens is 304 g/mol. The zero-order chi connectivity index (χ0) is 15.0. The Morgan fingerprint density at radius 3 is 2.38 bits per heavy atom. The van der Waals surface area contributed by atoms with E-state index in [4.69, 9.17) is 0 Å². The molecular formula is C15H14N2O2S2. The minimum atomic E-state index is -3.59. The molecule has 108 valence electrons. The number of benzene rings is 2. The van der Waals surface area contributed by atoms with Crippen LogP contribution in [0.15, 0.2) is 47.4 Å². The molecule has 0 saturated carbocycles. The smallest absolute Gasteiger partial charge is 0.255 e. The number of fused-ring (bicyclic) bond motifs is 1. The van der Waals surface area contributed by atoms with E-state index in [2.05, 4.69) is 9.71 Å². The summed E-state index contributed by atoms with van der Waals surface area (Å²) < 4.78 is 28.1. The van der Waals surface area contributed by atoms with Crippen LogP contribution in [0.3, 0.4) is 0 Å². The minimum absolute atomic E-state index is 0.239. The van der Waals surface area contributed by atoms with Gasteiger partial charge in [0.1, 0.15) is 0 Å². The third-order valence-corrected chi connectivity index (χ3v) is 5.51. The Balaban J connectivity index is 1.95. The van der Waals surface area contributed by atoms with Crippen LogP contribution in [-0.4, -0.2) is 13.4 Å². The van der Waals surface area contributed by atoms with E-state index in [1.54, 1.807) is 24.3 Å². The van der Waals surface area contributed by atoms with Gasteiger partial charge in [0.05, 0.1) is 15.1 Å². The number of nitrogens with one attached hydrogen (secondary N) is 1. The summed E-state index contributed by atoms with van der Waals surface area (Å²) in [6.45, 7) is 3.91. The highest BCUT2D eigenvalue weighted by atomic mass is 32.2. The van der Waals surface area contributed by atoms with Gasteiger partial charge in [-0.05, 0) is 43.7 Å². The molecule has 0 bridgehead atoms. The molecule has 6 heteroatoms. The molecule has 3 rings (SSSR count). The van der Waals surface area contributed by atoms with Crippen LogP contribution in [0.25, 0.3) is 10.2 Å². The Morgan fingerprint density at radius 1 is 1.00 bits per heavy atom. The predicted molar refractivity (Wildman–Crippen MR) is 86.3 cm³/mol. The first-order valence-electron chi connectivity index (χ1n) is 6.41. The number of aromatic nitrogens is 1. The number of rotatable bonds is 3. The van der Waals surface area contributed by atoms with Crippen molar-refractivity contribution in [2.24, 2.45) is 0 Å². The lowest BCUT2D eigenvalue weighted by molar-refractivity contribution is 0.601. The second-order valence-corrected chi connectivity index (χ2v) is 7.62. The topological polar surface area (TPSA) is 59.1 Å². The highest BCUT2D eigenvalue weighted by Crippen LogP contribution is 2.28. The highest BCUT2D eigenvalue weighted by molar-refractivity contribution is 7.93. The summed E-state index contributed by atoms with van der Waals surface area (Å²) >= 11 is 1.33. The summed E-state index contributed by atoms with van der Waals surface area (Å²) in [6.07, 6.45) is 0. The van der Waals surface area contributed by atoms with Gasteiger partial charge >= 0.3 is 0 Å². The molecule has 3 aromatic rings. The van der Waals surface area contributed by atoms with Crippen LogP contribution in [0.5, 0.6) is 0 Å². The molecule has 0 aliphatic heterocycles. The zero-order valence-electron chi connectivity index (χ0n) is 11.6. The van der Waals surface area contributed by atoms with Crippen molar-refractivity contribution in [3.63, 3.8) is 0 Å². The van der Waals surface area contributed by atoms with Crippen LogP contribution in [0.2, 0.25) is 0 Å². The molecule has 0 fully saturated rings. The Morgan fingerprint density at radius 2 is 1.67 bits per heavy atom. The maximum Gasteiger partial charge on any atom is 0.263 e. The Kier molecular flexibility index (Phi) is 3.43. The molecule has 4 nitrogen and oxygen atoms in total. The fraction of sp³-hybridized carbons (Fsp3) is 0.133. The van der Waals surface area contributed by atoms with E-state index >= 15 is 0 Å². The molecule has 0 amide bonds. The summed E-state index contributed by atoms with van der Waals surface area (Å²) in [5.74, 6) is 0. The molecule has 0 atom stereocenters. The fourth-order valence-corrected chi connectivity index (χ4v) is 4.17. The zero-order valence-corrected chi connectivity index (χ0v) is 13.3. The largest absolute Gasteiger partial charge is 0.263 e. The summed E-state index contributed by atoms with van der Waals surface area (Å²) in [5, 5.41) is 0.385.